The molecule has 0 radical (unpaired) electrons. The Labute approximate surface area is 284 Å². The number of benzene rings is 4. The zero-order valence-electron chi connectivity index (χ0n) is 28.2. The minimum absolute atomic E-state index is 0.545. The molecular formula is C44H40N4. The fraction of sp³-hybridized carbons (Fsp3) is 0.0909. The molecule has 236 valence electrons. The number of fused-ring (bicyclic) bond motifs is 2. The molecule has 1 aromatic heterocycles. The monoisotopic (exact) mass is 624 g/mol. The van der Waals surface area contributed by atoms with Crippen LogP contribution in [0.1, 0.15) is 31.9 Å². The number of nitrogens with zero attached hydrogens (tertiary/aromatic N) is 4. The highest BCUT2D eigenvalue weighted by atomic mass is 14.9. The number of hydrogen-bond donors (Lipinski definition) is 0. The highest BCUT2D eigenvalue weighted by molar-refractivity contribution is 6.07. The smallest absolute Gasteiger partial charge is 0.158 e. The Balaban J connectivity index is 1.55. The summed E-state index contributed by atoms with van der Waals surface area (Å²) in [5, 5.41) is 3.31. The summed E-state index contributed by atoms with van der Waals surface area (Å²) in [7, 11) is 0. The van der Waals surface area contributed by atoms with Gasteiger partial charge in [-0.3, -0.25) is 4.99 Å². The zero-order valence-corrected chi connectivity index (χ0v) is 28.2. The average molecular weight is 625 g/mol. The Kier molecular flexibility index (Phi) is 10.5. The summed E-state index contributed by atoms with van der Waals surface area (Å²) in [6, 6.07) is 29.6. The van der Waals surface area contributed by atoms with E-state index in [0.717, 1.165) is 77.7 Å². The number of hydrogen-bond acceptors (Lipinski definition) is 3. The molecule has 0 aliphatic carbocycles. The minimum atomic E-state index is 0.545. The van der Waals surface area contributed by atoms with E-state index in [1.165, 1.54) is 0 Å². The van der Waals surface area contributed by atoms with Crippen molar-refractivity contribution in [2.45, 2.75) is 27.7 Å². The molecule has 4 nitrogen and oxygen atoms in total. The molecule has 0 unspecified atom stereocenters. The van der Waals surface area contributed by atoms with Gasteiger partial charge in [0.05, 0.1) is 22.6 Å². The van der Waals surface area contributed by atoms with Crippen LogP contribution in [0, 0.1) is 6.92 Å². The highest BCUT2D eigenvalue weighted by Crippen LogP contribution is 2.37. The first-order chi connectivity index (χ1) is 23.3. The SMILES string of the molecule is C=C/C=C\C(=C)C(C)=Nc1c(C)ccc2ccc(-c3ccc(-c4ccc(C(=C)N=C(N=C)C(/C=C\C)=C/C)cc4)c4ccccc34)nc12. The second-order valence-electron chi connectivity index (χ2n) is 11.4. The molecule has 0 aliphatic heterocycles. The van der Waals surface area contributed by atoms with E-state index in [9.17, 15) is 0 Å². The number of amidine groups is 1. The van der Waals surface area contributed by atoms with Gasteiger partial charge in [-0.05, 0) is 79.1 Å². The number of pyridine rings is 1. The maximum absolute atomic E-state index is 5.21. The third kappa shape index (κ3) is 7.03. The van der Waals surface area contributed by atoms with E-state index in [4.69, 9.17) is 9.98 Å². The van der Waals surface area contributed by atoms with Crippen LogP contribution in [0.5, 0.6) is 0 Å². The lowest BCUT2D eigenvalue weighted by molar-refractivity contribution is 1.35. The van der Waals surface area contributed by atoms with Crippen LogP contribution < -0.4 is 0 Å². The molecule has 5 rings (SSSR count). The van der Waals surface area contributed by atoms with E-state index >= 15 is 0 Å². The second-order valence-corrected chi connectivity index (χ2v) is 11.4. The van der Waals surface area contributed by atoms with E-state index in [1.54, 1.807) is 6.08 Å². The normalized spacial score (nSPS) is 12.7. The first-order valence-corrected chi connectivity index (χ1v) is 15.9. The Morgan fingerprint density at radius 3 is 2.17 bits per heavy atom. The van der Waals surface area contributed by atoms with Crippen LogP contribution in [-0.2, 0) is 0 Å². The van der Waals surface area contributed by atoms with E-state index in [2.05, 4.69) is 128 Å². The topological polar surface area (TPSA) is 50.0 Å². The molecule has 4 aromatic carbocycles. The summed E-state index contributed by atoms with van der Waals surface area (Å²) in [5.41, 5.74) is 11.1. The summed E-state index contributed by atoms with van der Waals surface area (Å²) in [5.74, 6) is 0.545. The molecule has 1 heterocycles. The van der Waals surface area contributed by atoms with Crippen molar-refractivity contribution in [1.29, 1.82) is 0 Å². The second kappa shape index (κ2) is 15.1. The van der Waals surface area contributed by atoms with Crippen LogP contribution in [-0.4, -0.2) is 23.2 Å². The van der Waals surface area contributed by atoms with Crippen LogP contribution in [0.3, 0.4) is 0 Å². The summed E-state index contributed by atoms with van der Waals surface area (Å²) in [4.78, 5) is 19.0. The molecule has 0 fully saturated rings. The summed E-state index contributed by atoms with van der Waals surface area (Å²) < 4.78 is 0. The van der Waals surface area contributed by atoms with Crippen molar-refractivity contribution < 1.29 is 0 Å². The van der Waals surface area contributed by atoms with E-state index in [-0.39, 0.29) is 0 Å². The van der Waals surface area contributed by atoms with Gasteiger partial charge in [-0.1, -0.05) is 135 Å². The van der Waals surface area contributed by atoms with E-state index in [0.29, 0.717) is 11.5 Å². The molecule has 48 heavy (non-hydrogen) atoms. The Morgan fingerprint density at radius 2 is 1.50 bits per heavy atom. The number of allylic oxidation sites excluding steroid dienone is 6. The van der Waals surface area contributed by atoms with Crippen molar-refractivity contribution in [3.63, 3.8) is 0 Å². The predicted molar refractivity (Wildman–Crippen MR) is 211 cm³/mol. The van der Waals surface area contributed by atoms with Gasteiger partial charge in [0, 0.05) is 22.2 Å². The largest absolute Gasteiger partial charge is 0.251 e. The van der Waals surface area contributed by atoms with Gasteiger partial charge in [-0.2, -0.15) is 0 Å². The fourth-order valence-corrected chi connectivity index (χ4v) is 5.59. The van der Waals surface area contributed by atoms with E-state index in [1.807, 2.05) is 51.2 Å². The van der Waals surface area contributed by atoms with Crippen molar-refractivity contribution in [3.8, 4) is 22.4 Å². The standard InChI is InChI=1S/C44H40N4/c1-9-12-16-29(4)31(6)46-42-30(5)19-20-36-25-28-41(48-43(36)42)40-27-26-37(38-17-13-14-18-39(38)40)35-23-21-34(22-24-35)32(7)47-44(45-8)33(11-3)15-10-2/h9-28H,1,4,7-8H2,2-3,5-6H3/b15-10-,16-12-,33-11+,46-31?,47-44?. The lowest BCUT2D eigenvalue weighted by Crippen LogP contribution is -1.97. The highest BCUT2D eigenvalue weighted by Gasteiger charge is 2.14. The van der Waals surface area contributed by atoms with Crippen LogP contribution in [0.4, 0.5) is 5.69 Å². The third-order valence-electron chi connectivity index (χ3n) is 8.25. The number of rotatable bonds is 10. The van der Waals surface area contributed by atoms with Gasteiger partial charge >= 0.3 is 0 Å². The van der Waals surface area contributed by atoms with Gasteiger partial charge in [0.25, 0.3) is 0 Å². The lowest BCUT2D eigenvalue weighted by atomic mass is 9.93. The number of aliphatic imine (C=N–C) groups is 3. The van der Waals surface area contributed by atoms with Crippen molar-refractivity contribution in [3.05, 3.63) is 163 Å². The minimum Gasteiger partial charge on any atom is -0.251 e. The number of aryl methyl sites for hydroxylation is 1. The first kappa shape index (κ1) is 33.4. The molecule has 4 heteroatoms. The Hall–Kier alpha value is -6.00. The predicted octanol–water partition coefficient (Wildman–Crippen LogP) is 12.0. The van der Waals surface area contributed by atoms with Crippen LogP contribution in [0.2, 0.25) is 0 Å². The Morgan fingerprint density at radius 1 is 0.812 bits per heavy atom. The quantitative estimate of drug-likeness (QED) is 0.0866. The van der Waals surface area contributed by atoms with Gasteiger partial charge in [0.1, 0.15) is 0 Å². The molecule has 0 atom stereocenters. The summed E-state index contributed by atoms with van der Waals surface area (Å²) >= 11 is 0. The molecule has 0 saturated heterocycles. The van der Waals surface area contributed by atoms with Gasteiger partial charge < -0.3 is 0 Å². The van der Waals surface area contributed by atoms with Crippen LogP contribution >= 0.6 is 0 Å². The van der Waals surface area contributed by atoms with Crippen molar-refractivity contribution >= 4 is 51.3 Å². The fourth-order valence-electron chi connectivity index (χ4n) is 5.59. The van der Waals surface area contributed by atoms with Gasteiger partial charge in [-0.15, -0.1) is 0 Å². The number of aromatic nitrogens is 1. The molecule has 0 amide bonds. The maximum atomic E-state index is 5.21. The first-order valence-electron chi connectivity index (χ1n) is 15.9. The molecular weight excluding hydrogens is 585 g/mol. The molecule has 0 aliphatic rings. The van der Waals surface area contributed by atoms with Crippen LogP contribution in [0.25, 0.3) is 49.8 Å². The zero-order chi connectivity index (χ0) is 34.2. The third-order valence-corrected chi connectivity index (χ3v) is 8.25. The van der Waals surface area contributed by atoms with Gasteiger partial charge in [-0.25, -0.2) is 15.0 Å². The Bertz CT molecular complexity index is 2220. The maximum Gasteiger partial charge on any atom is 0.158 e. The molecule has 0 bridgehead atoms. The van der Waals surface area contributed by atoms with Gasteiger partial charge in [0.15, 0.2) is 5.84 Å². The summed E-state index contributed by atoms with van der Waals surface area (Å²) in [6.07, 6.45) is 11.4. The van der Waals surface area contributed by atoms with Crippen LogP contribution in [0.15, 0.2) is 167 Å². The van der Waals surface area contributed by atoms with Crippen molar-refractivity contribution in [2.75, 3.05) is 0 Å². The van der Waals surface area contributed by atoms with Crippen molar-refractivity contribution in [1.82, 2.24) is 4.98 Å². The van der Waals surface area contributed by atoms with Gasteiger partial charge in [0.2, 0.25) is 0 Å². The van der Waals surface area contributed by atoms with Crippen molar-refractivity contribution in [2.24, 2.45) is 15.0 Å². The molecule has 5 aromatic rings. The van der Waals surface area contributed by atoms with E-state index < -0.39 is 0 Å². The summed E-state index contributed by atoms with van der Waals surface area (Å²) in [6.45, 7) is 23.8. The molecule has 0 saturated carbocycles. The average Bonchev–Trinajstić information content (AvgIpc) is 3.12. The molecule has 0 spiro atoms. The lowest BCUT2D eigenvalue weighted by Gasteiger charge is -2.14. The molecule has 0 N–H and O–H groups in total.